The fourth-order valence-electron chi connectivity index (χ4n) is 3.76. The predicted molar refractivity (Wildman–Crippen MR) is 144 cm³/mol. The second-order valence-electron chi connectivity index (χ2n) is 8.32. The Morgan fingerprint density at radius 2 is 1.33 bits per heavy atom. The van der Waals surface area contributed by atoms with Gasteiger partial charge >= 0.3 is 0 Å². The third-order valence-electron chi connectivity index (χ3n) is 5.79. The number of benzene rings is 2. The fraction of sp³-hybridized carbons (Fsp3) is 0.125. The van der Waals surface area contributed by atoms with Crippen molar-refractivity contribution < 1.29 is 16.8 Å². The van der Waals surface area contributed by atoms with Gasteiger partial charge in [0.25, 0.3) is 20.0 Å². The maximum absolute atomic E-state index is 13.3. The Bertz CT molecular complexity index is 1840. The zero-order valence-electron chi connectivity index (χ0n) is 19.4. The van der Waals surface area contributed by atoms with E-state index in [0.29, 0.717) is 26.0 Å². The van der Waals surface area contributed by atoms with Gasteiger partial charge in [0.05, 0.1) is 37.1 Å². The van der Waals surface area contributed by atoms with Crippen LogP contribution in [0.1, 0.15) is 16.8 Å². The van der Waals surface area contributed by atoms with Crippen LogP contribution in [0.25, 0.3) is 22.4 Å². The molecule has 0 aliphatic heterocycles. The quantitative estimate of drug-likeness (QED) is 0.265. The van der Waals surface area contributed by atoms with Gasteiger partial charge in [-0.1, -0.05) is 35.4 Å². The zero-order valence-corrected chi connectivity index (χ0v) is 23.2. The molecule has 36 heavy (non-hydrogen) atoms. The highest BCUT2D eigenvalue weighted by molar-refractivity contribution is 14.1. The number of rotatable bonds is 5. The molecule has 0 atom stereocenters. The molecule has 184 valence electrons. The van der Waals surface area contributed by atoms with E-state index in [0.717, 1.165) is 19.2 Å². The Balaban J connectivity index is 1.58. The van der Waals surface area contributed by atoms with Crippen LogP contribution in [0.4, 0.5) is 0 Å². The monoisotopic (exact) mass is 633 g/mol. The first kappa shape index (κ1) is 24.6. The lowest BCUT2D eigenvalue weighted by atomic mass is 10.2. The average molecular weight is 633 g/mol. The summed E-state index contributed by atoms with van der Waals surface area (Å²) in [5.41, 5.74) is 3.69. The Labute approximate surface area is 222 Å². The number of aryl methyl sites for hydroxylation is 2. The summed E-state index contributed by atoms with van der Waals surface area (Å²) in [6.45, 7) is 5.40. The van der Waals surface area contributed by atoms with E-state index in [4.69, 9.17) is 0 Å². The van der Waals surface area contributed by atoms with Crippen LogP contribution in [-0.4, -0.2) is 40.0 Å². The van der Waals surface area contributed by atoms with Gasteiger partial charge in [-0.15, -0.1) is 0 Å². The summed E-state index contributed by atoms with van der Waals surface area (Å²) in [6, 6.07) is 13.1. The van der Waals surface area contributed by atoms with Crippen molar-refractivity contribution in [2.75, 3.05) is 0 Å². The van der Waals surface area contributed by atoms with Gasteiger partial charge in [0.1, 0.15) is 5.52 Å². The Morgan fingerprint density at radius 1 is 0.778 bits per heavy atom. The van der Waals surface area contributed by atoms with Gasteiger partial charge in [0, 0.05) is 11.8 Å². The largest absolute Gasteiger partial charge is 0.283 e. The second-order valence-corrected chi connectivity index (χ2v) is 13.1. The molecule has 0 spiro atoms. The predicted octanol–water partition coefficient (Wildman–Crippen LogP) is 4.30. The van der Waals surface area contributed by atoms with E-state index in [9.17, 15) is 16.8 Å². The van der Waals surface area contributed by atoms with E-state index >= 15 is 0 Å². The molecule has 3 aromatic heterocycles. The Hall–Kier alpha value is -3.10. The molecule has 9 nitrogen and oxygen atoms in total. The van der Waals surface area contributed by atoms with E-state index in [1.807, 2.05) is 36.4 Å². The summed E-state index contributed by atoms with van der Waals surface area (Å²) in [4.78, 5) is 9.29. The van der Waals surface area contributed by atoms with E-state index in [1.165, 1.54) is 30.7 Å². The van der Waals surface area contributed by atoms with Crippen molar-refractivity contribution in [2.24, 2.45) is 0 Å². The minimum Gasteiger partial charge on any atom is -0.242 e. The second kappa shape index (κ2) is 8.78. The standard InChI is InChI=1S/C24H20IN5O4S2/c1-15-4-8-18(9-5-15)35(31,32)29-14-21(25)23-24(29)26-13-22(28-23)20-12-27-30(17(20)3)36(33,34)19-10-6-16(2)7-11-19/h4-14H,1-3H3. The Morgan fingerprint density at radius 3 is 1.92 bits per heavy atom. The first-order chi connectivity index (χ1) is 17.0. The maximum atomic E-state index is 13.3. The molecule has 0 N–H and O–H groups in total. The molecule has 12 heteroatoms. The van der Waals surface area contributed by atoms with E-state index < -0.39 is 20.0 Å². The molecule has 0 saturated carbocycles. The summed E-state index contributed by atoms with van der Waals surface area (Å²) in [5, 5.41) is 4.11. The summed E-state index contributed by atoms with van der Waals surface area (Å²) >= 11 is 2.01. The lowest BCUT2D eigenvalue weighted by molar-refractivity contribution is 0.578. The number of fused-ring (bicyclic) bond motifs is 1. The van der Waals surface area contributed by atoms with Crippen molar-refractivity contribution in [2.45, 2.75) is 30.6 Å². The highest BCUT2D eigenvalue weighted by Crippen LogP contribution is 2.29. The van der Waals surface area contributed by atoms with Crippen LogP contribution in [-0.2, 0) is 20.0 Å². The molecular weight excluding hydrogens is 613 g/mol. The topological polar surface area (TPSA) is 117 Å². The maximum Gasteiger partial charge on any atom is 0.283 e. The van der Waals surface area contributed by atoms with Crippen molar-refractivity contribution in [1.29, 1.82) is 0 Å². The smallest absolute Gasteiger partial charge is 0.242 e. The molecule has 3 heterocycles. The molecule has 0 radical (unpaired) electrons. The van der Waals surface area contributed by atoms with Crippen LogP contribution in [0.2, 0.25) is 0 Å². The minimum absolute atomic E-state index is 0.125. The van der Waals surface area contributed by atoms with Crippen molar-refractivity contribution in [1.82, 2.24) is 23.1 Å². The van der Waals surface area contributed by atoms with Crippen LogP contribution in [0.5, 0.6) is 0 Å². The summed E-state index contributed by atoms with van der Waals surface area (Å²) < 4.78 is 55.5. The molecule has 5 rings (SSSR count). The molecule has 2 aromatic carbocycles. The van der Waals surface area contributed by atoms with Gasteiger partial charge in [-0.3, -0.25) is 0 Å². The van der Waals surface area contributed by atoms with Crippen molar-refractivity contribution in [3.63, 3.8) is 0 Å². The van der Waals surface area contributed by atoms with Crippen molar-refractivity contribution in [3.05, 3.63) is 87.5 Å². The molecule has 0 fully saturated rings. The summed E-state index contributed by atoms with van der Waals surface area (Å²) in [5.74, 6) is 0. The fourth-order valence-corrected chi connectivity index (χ4v) is 7.22. The first-order valence-electron chi connectivity index (χ1n) is 10.7. The molecule has 0 amide bonds. The summed E-state index contributed by atoms with van der Waals surface area (Å²) in [7, 11) is -7.78. The van der Waals surface area contributed by atoms with Crippen LogP contribution in [0.3, 0.4) is 0 Å². The van der Waals surface area contributed by atoms with Crippen LogP contribution < -0.4 is 0 Å². The molecule has 0 unspecified atom stereocenters. The minimum atomic E-state index is -3.90. The first-order valence-corrected chi connectivity index (χ1v) is 14.7. The van der Waals surface area contributed by atoms with Gasteiger partial charge in [0.15, 0.2) is 5.65 Å². The average Bonchev–Trinajstić information content (AvgIpc) is 3.40. The number of hydrogen-bond acceptors (Lipinski definition) is 7. The van der Waals surface area contributed by atoms with Crippen LogP contribution in [0.15, 0.2) is 76.9 Å². The Kier molecular flexibility index (Phi) is 6.00. The van der Waals surface area contributed by atoms with Crippen LogP contribution in [0, 0.1) is 24.3 Å². The third kappa shape index (κ3) is 4.02. The molecular formula is C24H20IN5O4S2. The van der Waals surface area contributed by atoms with Gasteiger partial charge in [-0.25, -0.2) is 22.4 Å². The number of hydrogen-bond donors (Lipinski definition) is 0. The lowest BCUT2D eigenvalue weighted by Crippen LogP contribution is -2.16. The zero-order chi connectivity index (χ0) is 25.8. The summed E-state index contributed by atoms with van der Waals surface area (Å²) in [6.07, 6.45) is 4.32. The lowest BCUT2D eigenvalue weighted by Gasteiger charge is -2.08. The third-order valence-corrected chi connectivity index (χ3v) is 9.93. The van der Waals surface area contributed by atoms with Gasteiger partial charge in [-0.05, 0) is 67.6 Å². The molecule has 0 bridgehead atoms. The van der Waals surface area contributed by atoms with Gasteiger partial charge in [-0.2, -0.15) is 17.6 Å². The normalized spacial score (nSPS) is 12.3. The molecule has 0 saturated heterocycles. The van der Waals surface area contributed by atoms with Crippen molar-refractivity contribution >= 4 is 53.8 Å². The van der Waals surface area contributed by atoms with Gasteiger partial charge in [0.2, 0.25) is 0 Å². The molecule has 5 aromatic rings. The number of nitrogens with zero attached hydrogens (tertiary/aromatic N) is 5. The van der Waals surface area contributed by atoms with E-state index in [1.54, 1.807) is 43.3 Å². The highest BCUT2D eigenvalue weighted by atomic mass is 127. The molecule has 0 aliphatic carbocycles. The van der Waals surface area contributed by atoms with Crippen LogP contribution >= 0.6 is 22.6 Å². The van der Waals surface area contributed by atoms with Crippen molar-refractivity contribution in [3.8, 4) is 11.3 Å². The van der Waals surface area contributed by atoms with E-state index in [-0.39, 0.29) is 15.4 Å². The molecule has 0 aliphatic rings. The number of aromatic nitrogens is 5. The number of halogens is 1. The SMILES string of the molecule is Cc1ccc(S(=O)(=O)n2ncc(-c3cnc4c(n3)c(I)cn4S(=O)(=O)c3ccc(C)cc3)c2C)cc1. The van der Waals surface area contributed by atoms with Gasteiger partial charge < -0.3 is 0 Å². The highest BCUT2D eigenvalue weighted by Gasteiger charge is 2.25. The van der Waals surface area contributed by atoms with E-state index in [2.05, 4.69) is 15.1 Å².